The normalized spacial score (nSPS) is 12.7. The molecule has 214 valence electrons. The maximum Gasteiger partial charge on any atom is 0.255 e. The van der Waals surface area contributed by atoms with Gasteiger partial charge in [0.25, 0.3) is 5.95 Å². The first kappa shape index (κ1) is 25.2. The smallest absolute Gasteiger partial charge is 0.255 e. The molecule has 0 fully saturated rings. The van der Waals surface area contributed by atoms with Crippen LogP contribution >= 0.6 is 0 Å². The first-order valence-corrected chi connectivity index (χ1v) is 14.8. The molecule has 2 aliphatic rings. The van der Waals surface area contributed by atoms with Crippen molar-refractivity contribution in [2.75, 3.05) is 9.80 Å². The van der Waals surface area contributed by atoms with Crippen molar-refractivity contribution in [3.8, 4) is 40.1 Å². The van der Waals surface area contributed by atoms with Gasteiger partial charge in [0, 0.05) is 11.3 Å². The first-order valence-electron chi connectivity index (χ1n) is 14.8. The number of anilines is 6. The number of rotatable bonds is 4. The monoisotopic (exact) mass is 583 g/mol. The number of ether oxygens (including phenoxy) is 2. The van der Waals surface area contributed by atoms with E-state index in [-0.39, 0.29) is 0 Å². The van der Waals surface area contributed by atoms with Gasteiger partial charge in [-0.3, -0.25) is 4.90 Å². The largest absolute Gasteiger partial charge is 0.453 e. The molecule has 0 spiro atoms. The number of hydrogen-bond acceptors (Lipinski definition) is 6. The van der Waals surface area contributed by atoms with E-state index in [0.717, 1.165) is 68.5 Å². The predicted octanol–water partition coefficient (Wildman–Crippen LogP) is 10.1. The molecule has 9 rings (SSSR count). The van der Waals surface area contributed by atoms with Crippen molar-refractivity contribution in [1.82, 2.24) is 14.8 Å². The topological polar surface area (TPSA) is 55.7 Å². The number of benzene rings is 6. The Bertz CT molecular complexity index is 2100. The van der Waals surface area contributed by atoms with Gasteiger partial charge >= 0.3 is 0 Å². The zero-order chi connectivity index (χ0) is 29.7. The molecule has 6 aromatic carbocycles. The van der Waals surface area contributed by atoms with Crippen molar-refractivity contribution >= 4 is 34.4 Å². The van der Waals surface area contributed by atoms with Gasteiger partial charge in [-0.2, -0.15) is 4.98 Å². The molecule has 0 unspecified atom stereocenters. The molecule has 7 nitrogen and oxygen atoms in total. The van der Waals surface area contributed by atoms with Gasteiger partial charge < -0.3 is 14.4 Å². The van der Waals surface area contributed by atoms with Crippen molar-refractivity contribution in [3.63, 3.8) is 0 Å². The molecule has 0 saturated carbocycles. The van der Waals surface area contributed by atoms with Crippen LogP contribution in [0.5, 0.6) is 23.0 Å². The van der Waals surface area contributed by atoms with E-state index >= 15 is 0 Å². The minimum atomic E-state index is 0.553. The van der Waals surface area contributed by atoms with Crippen LogP contribution in [0.1, 0.15) is 0 Å². The number of aromatic nitrogens is 3. The van der Waals surface area contributed by atoms with Gasteiger partial charge in [0.15, 0.2) is 28.8 Å². The lowest BCUT2D eigenvalue weighted by Crippen LogP contribution is -2.17. The van der Waals surface area contributed by atoms with Crippen molar-refractivity contribution < 1.29 is 9.47 Å². The van der Waals surface area contributed by atoms with Crippen LogP contribution in [0, 0.1) is 0 Å². The van der Waals surface area contributed by atoms with Crippen LogP contribution in [-0.4, -0.2) is 14.8 Å². The fraction of sp³-hybridized carbons (Fsp3) is 0. The van der Waals surface area contributed by atoms with E-state index in [1.54, 1.807) is 0 Å². The molecule has 0 amide bonds. The van der Waals surface area contributed by atoms with Crippen LogP contribution in [0.2, 0.25) is 0 Å². The minimum absolute atomic E-state index is 0.553. The number of hydrogen-bond donors (Lipinski definition) is 0. The van der Waals surface area contributed by atoms with E-state index in [9.17, 15) is 0 Å². The highest BCUT2D eigenvalue weighted by Gasteiger charge is 2.30. The van der Waals surface area contributed by atoms with Gasteiger partial charge in [-0.25, -0.2) is 4.68 Å². The van der Waals surface area contributed by atoms with Crippen molar-refractivity contribution in [3.05, 3.63) is 152 Å². The van der Waals surface area contributed by atoms with Gasteiger partial charge in [0.05, 0.1) is 28.4 Å². The summed E-state index contributed by atoms with van der Waals surface area (Å²) in [5, 5.41) is 5.13. The first-order chi connectivity index (χ1) is 22.3. The molecule has 7 aromatic rings. The molecular weight excluding hydrogens is 558 g/mol. The van der Waals surface area contributed by atoms with E-state index in [2.05, 4.69) is 58.3 Å². The Balaban J connectivity index is 1.18. The maximum atomic E-state index is 6.24. The van der Waals surface area contributed by atoms with Gasteiger partial charge in [0.1, 0.15) is 0 Å². The lowest BCUT2D eigenvalue weighted by atomic mass is 10.1. The lowest BCUT2D eigenvalue weighted by Gasteiger charge is -2.32. The summed E-state index contributed by atoms with van der Waals surface area (Å²) in [7, 11) is 0. The highest BCUT2D eigenvalue weighted by molar-refractivity contribution is 5.87. The maximum absolute atomic E-state index is 6.24. The number of nitrogens with zero attached hydrogens (tertiary/aromatic N) is 5. The van der Waals surface area contributed by atoms with Crippen LogP contribution in [0.4, 0.5) is 34.4 Å². The molecule has 0 N–H and O–H groups in total. The van der Waals surface area contributed by atoms with E-state index in [1.165, 1.54) is 0 Å². The van der Waals surface area contributed by atoms with Gasteiger partial charge in [-0.05, 0) is 72.8 Å². The lowest BCUT2D eigenvalue weighted by molar-refractivity contribution is 0.476. The molecule has 3 heterocycles. The van der Waals surface area contributed by atoms with E-state index < -0.39 is 0 Å². The summed E-state index contributed by atoms with van der Waals surface area (Å²) in [6, 6.07) is 50.7. The molecule has 45 heavy (non-hydrogen) atoms. The number of para-hydroxylation sites is 8. The second-order valence-corrected chi connectivity index (χ2v) is 10.8. The average Bonchev–Trinajstić information content (AvgIpc) is 3.55. The Hall–Kier alpha value is -6.34. The fourth-order valence-electron chi connectivity index (χ4n) is 6.00. The summed E-state index contributed by atoms with van der Waals surface area (Å²) >= 11 is 0. The quantitative estimate of drug-likeness (QED) is 0.205. The van der Waals surface area contributed by atoms with Crippen LogP contribution < -0.4 is 19.3 Å². The molecular formula is C38H25N5O2. The standard InChI is InChI=1S/C38H25N5O2/c1-2-12-26(13-3-1)37-39-38(42-31-16-6-10-20-35(31)45-36-21-11-7-17-32(36)42)40-43(37)28-24-22-27(23-25-28)41-29-14-4-8-18-33(29)44-34-19-9-5-15-30(34)41/h1-25H. The Labute approximate surface area is 259 Å². The molecule has 2 aliphatic heterocycles. The van der Waals surface area contributed by atoms with Crippen molar-refractivity contribution in [1.29, 1.82) is 0 Å². The summed E-state index contributed by atoms with van der Waals surface area (Å²) in [4.78, 5) is 9.43. The van der Waals surface area contributed by atoms with Gasteiger partial charge in [-0.1, -0.05) is 78.9 Å². The highest BCUT2D eigenvalue weighted by atomic mass is 16.5. The Morgan fingerprint density at radius 1 is 0.400 bits per heavy atom. The van der Waals surface area contributed by atoms with Crippen molar-refractivity contribution in [2.24, 2.45) is 0 Å². The number of fused-ring (bicyclic) bond motifs is 4. The zero-order valence-electron chi connectivity index (χ0n) is 24.0. The average molecular weight is 584 g/mol. The molecule has 0 radical (unpaired) electrons. The molecule has 7 heteroatoms. The van der Waals surface area contributed by atoms with Crippen molar-refractivity contribution in [2.45, 2.75) is 0 Å². The summed E-state index contributed by atoms with van der Waals surface area (Å²) < 4.78 is 14.4. The third-order valence-electron chi connectivity index (χ3n) is 8.04. The predicted molar refractivity (Wildman–Crippen MR) is 176 cm³/mol. The molecule has 0 bridgehead atoms. The molecule has 0 saturated heterocycles. The van der Waals surface area contributed by atoms with Crippen LogP contribution in [0.25, 0.3) is 17.1 Å². The van der Waals surface area contributed by atoms with Crippen LogP contribution in [-0.2, 0) is 0 Å². The van der Waals surface area contributed by atoms with Crippen LogP contribution in [0.3, 0.4) is 0 Å². The Morgan fingerprint density at radius 2 is 0.822 bits per heavy atom. The SMILES string of the molecule is c1ccc(-c2nc(N3c4ccccc4Oc4ccccc43)nn2-c2ccc(N3c4ccccc4Oc4ccccc43)cc2)cc1. The van der Waals surface area contributed by atoms with E-state index in [1.807, 2.05) is 108 Å². The third-order valence-corrected chi connectivity index (χ3v) is 8.04. The Kier molecular flexibility index (Phi) is 5.67. The van der Waals surface area contributed by atoms with E-state index in [4.69, 9.17) is 19.6 Å². The molecule has 0 atom stereocenters. The molecule has 1 aromatic heterocycles. The summed E-state index contributed by atoms with van der Waals surface area (Å²) in [6.45, 7) is 0. The summed E-state index contributed by atoms with van der Waals surface area (Å²) in [5.74, 6) is 4.43. The van der Waals surface area contributed by atoms with Gasteiger partial charge in [0.2, 0.25) is 0 Å². The fourth-order valence-corrected chi connectivity index (χ4v) is 6.00. The highest BCUT2D eigenvalue weighted by Crippen LogP contribution is 2.51. The second kappa shape index (κ2) is 10.1. The summed E-state index contributed by atoms with van der Waals surface area (Å²) in [6.07, 6.45) is 0. The third kappa shape index (κ3) is 4.13. The van der Waals surface area contributed by atoms with Crippen LogP contribution in [0.15, 0.2) is 152 Å². The van der Waals surface area contributed by atoms with E-state index in [0.29, 0.717) is 5.95 Å². The summed E-state index contributed by atoms with van der Waals surface area (Å²) in [5.41, 5.74) is 6.61. The van der Waals surface area contributed by atoms with Gasteiger partial charge in [-0.15, -0.1) is 5.10 Å². The molecule has 0 aliphatic carbocycles. The minimum Gasteiger partial charge on any atom is -0.453 e. The Morgan fingerprint density at radius 3 is 1.33 bits per heavy atom. The zero-order valence-corrected chi connectivity index (χ0v) is 24.0. The second-order valence-electron chi connectivity index (χ2n) is 10.8.